The van der Waals surface area contributed by atoms with E-state index in [0.29, 0.717) is 18.4 Å². The summed E-state index contributed by atoms with van der Waals surface area (Å²) in [5, 5.41) is 5.30. The van der Waals surface area contributed by atoms with E-state index in [2.05, 4.69) is 15.4 Å². The largest absolute Gasteiger partial charge is 0.468 e. The van der Waals surface area contributed by atoms with Crippen molar-refractivity contribution in [1.82, 2.24) is 15.5 Å². The number of hydrogen-bond donors (Lipinski definition) is 2. The quantitative estimate of drug-likeness (QED) is 0.458. The number of nitrogens with zero attached hydrogens (tertiary/aromatic N) is 1. The highest BCUT2D eigenvalue weighted by Crippen LogP contribution is 2.25. The Hall–Kier alpha value is -3.10. The van der Waals surface area contributed by atoms with Crippen molar-refractivity contribution in [2.24, 2.45) is 5.92 Å². The van der Waals surface area contributed by atoms with E-state index in [9.17, 15) is 19.2 Å². The average Bonchev–Trinajstić information content (AvgIpc) is 2.78. The minimum atomic E-state index is -1.00. The number of rotatable bonds is 11. The molecule has 0 spiro atoms. The molecule has 0 aliphatic rings. The average molecular weight is 492 g/mol. The summed E-state index contributed by atoms with van der Waals surface area (Å²) >= 11 is 0. The second kappa shape index (κ2) is 13.7. The zero-order valence-electron chi connectivity index (χ0n) is 22.3. The molecule has 1 aromatic carbocycles. The summed E-state index contributed by atoms with van der Waals surface area (Å²) in [6, 6.07) is 5.40. The van der Waals surface area contributed by atoms with E-state index in [1.807, 2.05) is 45.9 Å². The zero-order chi connectivity index (χ0) is 26.8. The highest BCUT2D eigenvalue weighted by Gasteiger charge is 2.37. The lowest BCUT2D eigenvalue weighted by atomic mass is 9.95. The highest BCUT2D eigenvalue weighted by atomic mass is 16.6. The number of benzene rings is 1. The lowest BCUT2D eigenvalue weighted by molar-refractivity contribution is -0.145. The van der Waals surface area contributed by atoms with Gasteiger partial charge in [-0.1, -0.05) is 57.0 Å². The number of carbonyl (C=O) groups is 4. The van der Waals surface area contributed by atoms with Gasteiger partial charge in [0.15, 0.2) is 0 Å². The minimum absolute atomic E-state index is 0.217. The molecule has 9 nitrogen and oxygen atoms in total. The molecule has 1 rings (SSSR count). The van der Waals surface area contributed by atoms with Crippen LogP contribution >= 0.6 is 0 Å². The Labute approximate surface area is 208 Å². The maximum atomic E-state index is 13.9. The van der Waals surface area contributed by atoms with Gasteiger partial charge < -0.3 is 25.0 Å². The van der Waals surface area contributed by atoms with Gasteiger partial charge in [0.05, 0.1) is 7.11 Å². The Balaban J connectivity index is 3.43. The Bertz CT molecular complexity index is 880. The zero-order valence-corrected chi connectivity index (χ0v) is 22.3. The maximum Gasteiger partial charge on any atom is 0.408 e. The van der Waals surface area contributed by atoms with Gasteiger partial charge in [0.2, 0.25) is 11.8 Å². The van der Waals surface area contributed by atoms with Crippen LogP contribution in [0.4, 0.5) is 4.79 Å². The third-order valence-electron chi connectivity index (χ3n) is 5.45. The summed E-state index contributed by atoms with van der Waals surface area (Å²) in [5.74, 6) is -1.72. The predicted octanol–water partition coefficient (Wildman–Crippen LogP) is 3.50. The van der Waals surface area contributed by atoms with Gasteiger partial charge in [-0.2, -0.15) is 0 Å². The van der Waals surface area contributed by atoms with Crippen molar-refractivity contribution in [1.29, 1.82) is 0 Å². The molecule has 0 aliphatic heterocycles. The van der Waals surface area contributed by atoms with Crippen LogP contribution in [0.1, 0.15) is 71.6 Å². The van der Waals surface area contributed by atoms with Crippen LogP contribution in [0.3, 0.4) is 0 Å². The van der Waals surface area contributed by atoms with Gasteiger partial charge >= 0.3 is 12.1 Å². The number of nitrogens with one attached hydrogen (secondary N) is 2. The lowest BCUT2D eigenvalue weighted by Gasteiger charge is -2.36. The summed E-state index contributed by atoms with van der Waals surface area (Å²) in [6.45, 7) is 12.8. The van der Waals surface area contributed by atoms with E-state index in [1.54, 1.807) is 26.8 Å². The van der Waals surface area contributed by atoms with Crippen LogP contribution in [0.15, 0.2) is 24.3 Å². The van der Waals surface area contributed by atoms with Crippen molar-refractivity contribution >= 4 is 23.9 Å². The number of hydrogen-bond acceptors (Lipinski definition) is 6. The molecule has 1 aromatic rings. The number of esters is 1. The van der Waals surface area contributed by atoms with Crippen LogP contribution < -0.4 is 10.6 Å². The molecule has 0 radical (unpaired) electrons. The van der Waals surface area contributed by atoms with Gasteiger partial charge in [0.1, 0.15) is 24.2 Å². The molecule has 35 heavy (non-hydrogen) atoms. The molecule has 0 bridgehead atoms. The van der Waals surface area contributed by atoms with E-state index in [-0.39, 0.29) is 19.0 Å². The Kier molecular flexibility index (Phi) is 11.7. The van der Waals surface area contributed by atoms with E-state index in [1.165, 1.54) is 12.0 Å². The Morgan fingerprint density at radius 1 is 1.11 bits per heavy atom. The topological polar surface area (TPSA) is 114 Å². The highest BCUT2D eigenvalue weighted by molar-refractivity contribution is 5.93. The third-order valence-corrected chi connectivity index (χ3v) is 5.45. The number of amides is 3. The first-order chi connectivity index (χ1) is 16.3. The summed E-state index contributed by atoms with van der Waals surface area (Å²) in [4.78, 5) is 52.9. The molecule has 3 unspecified atom stereocenters. The molecular formula is C26H41N3O6. The number of ether oxygens (including phenoxy) is 2. The fourth-order valence-electron chi connectivity index (χ4n) is 3.54. The van der Waals surface area contributed by atoms with Gasteiger partial charge in [-0.05, 0) is 45.6 Å². The standard InChI is InChI=1S/C26H41N3O6/c1-9-14-29(24(32)21(18(4)10-2)28-25(33)35-26(5,6)7)22(19-13-11-12-17(3)15-19)23(31)27-16-20(30)34-8/h11-13,15,18,21-22H,9-10,14,16H2,1-8H3,(H,27,31)(H,28,33). The van der Waals surface area contributed by atoms with Crippen LogP contribution in [0, 0.1) is 12.8 Å². The number of methoxy groups -OCH3 is 1. The van der Waals surface area contributed by atoms with Crippen molar-refractivity contribution in [2.45, 2.75) is 79.0 Å². The Morgan fingerprint density at radius 3 is 2.29 bits per heavy atom. The van der Waals surface area contributed by atoms with E-state index in [0.717, 1.165) is 5.56 Å². The monoisotopic (exact) mass is 491 g/mol. The Morgan fingerprint density at radius 2 is 1.77 bits per heavy atom. The van der Waals surface area contributed by atoms with E-state index >= 15 is 0 Å². The van der Waals surface area contributed by atoms with Crippen LogP contribution in [-0.2, 0) is 23.9 Å². The lowest BCUT2D eigenvalue weighted by Crippen LogP contribution is -2.55. The molecule has 0 fully saturated rings. The number of alkyl carbamates (subject to hydrolysis) is 1. The van der Waals surface area contributed by atoms with E-state index < -0.39 is 41.6 Å². The van der Waals surface area contributed by atoms with Gasteiger partial charge in [-0.15, -0.1) is 0 Å². The SMILES string of the molecule is CCCN(C(=O)C(NC(=O)OC(C)(C)C)C(C)CC)C(C(=O)NCC(=O)OC)c1cccc(C)c1. The molecule has 0 heterocycles. The second-order valence-electron chi connectivity index (χ2n) is 9.65. The van der Waals surface area contributed by atoms with E-state index in [4.69, 9.17) is 4.74 Å². The predicted molar refractivity (Wildman–Crippen MR) is 134 cm³/mol. The van der Waals surface area contributed by atoms with Gasteiger partial charge in [0.25, 0.3) is 0 Å². The number of carbonyl (C=O) groups excluding carboxylic acids is 4. The van der Waals surface area contributed by atoms with Crippen LogP contribution in [-0.4, -0.2) is 60.6 Å². The van der Waals surface area contributed by atoms with Crippen molar-refractivity contribution in [3.8, 4) is 0 Å². The maximum absolute atomic E-state index is 13.9. The molecule has 2 N–H and O–H groups in total. The van der Waals surface area contributed by atoms with Crippen LogP contribution in [0.25, 0.3) is 0 Å². The molecule has 3 atom stereocenters. The summed E-state index contributed by atoms with van der Waals surface area (Å²) in [7, 11) is 1.23. The molecular weight excluding hydrogens is 450 g/mol. The van der Waals surface area contributed by atoms with Gasteiger partial charge in [-0.25, -0.2) is 4.79 Å². The molecule has 0 saturated carbocycles. The number of aryl methyl sites for hydroxylation is 1. The summed E-state index contributed by atoms with van der Waals surface area (Å²) in [5.41, 5.74) is 0.797. The van der Waals surface area contributed by atoms with Gasteiger partial charge in [0, 0.05) is 6.54 Å². The van der Waals surface area contributed by atoms with Crippen LogP contribution in [0.2, 0.25) is 0 Å². The first kappa shape index (κ1) is 29.9. The van der Waals surface area contributed by atoms with Crippen molar-refractivity contribution in [3.05, 3.63) is 35.4 Å². The smallest absolute Gasteiger partial charge is 0.408 e. The normalized spacial score (nSPS) is 13.7. The molecule has 0 aliphatic carbocycles. The fourth-order valence-corrected chi connectivity index (χ4v) is 3.54. The molecule has 0 aromatic heterocycles. The van der Waals surface area contributed by atoms with Crippen molar-refractivity contribution in [2.75, 3.05) is 20.2 Å². The molecule has 3 amide bonds. The van der Waals surface area contributed by atoms with Crippen LogP contribution in [0.5, 0.6) is 0 Å². The molecule has 196 valence electrons. The van der Waals surface area contributed by atoms with Gasteiger partial charge in [-0.3, -0.25) is 14.4 Å². The summed E-state index contributed by atoms with van der Waals surface area (Å²) in [6.07, 6.45) is 0.503. The fraction of sp³-hybridized carbons (Fsp3) is 0.615. The van der Waals surface area contributed by atoms with Crippen molar-refractivity contribution in [3.63, 3.8) is 0 Å². The third kappa shape index (κ3) is 9.58. The molecule has 9 heteroatoms. The minimum Gasteiger partial charge on any atom is -0.468 e. The summed E-state index contributed by atoms with van der Waals surface area (Å²) < 4.78 is 10.0. The first-order valence-corrected chi connectivity index (χ1v) is 12.1. The second-order valence-corrected chi connectivity index (χ2v) is 9.65. The molecule has 0 saturated heterocycles. The first-order valence-electron chi connectivity index (χ1n) is 12.1. The van der Waals surface area contributed by atoms with Crippen molar-refractivity contribution < 1.29 is 28.7 Å².